The Labute approximate surface area is 168 Å². The third-order valence-corrected chi connectivity index (χ3v) is 5.49. The van der Waals surface area contributed by atoms with E-state index in [-0.39, 0.29) is 17.5 Å². The van der Waals surface area contributed by atoms with Gasteiger partial charge in [-0.05, 0) is 42.8 Å². The largest absolute Gasteiger partial charge is 0.368 e. The van der Waals surface area contributed by atoms with E-state index in [1.165, 1.54) is 12.1 Å². The van der Waals surface area contributed by atoms with Gasteiger partial charge in [-0.25, -0.2) is 0 Å². The summed E-state index contributed by atoms with van der Waals surface area (Å²) in [4.78, 5) is 40.7. The van der Waals surface area contributed by atoms with Gasteiger partial charge in [-0.2, -0.15) is 0 Å². The van der Waals surface area contributed by atoms with Crippen molar-refractivity contribution in [3.63, 3.8) is 0 Å². The van der Waals surface area contributed by atoms with Crippen LogP contribution in [-0.4, -0.2) is 54.4 Å². The van der Waals surface area contributed by atoms with Gasteiger partial charge >= 0.3 is 0 Å². The SMILES string of the molecule is O=C(c1ccc(N2CCCC2=O)cc1)N1CCN(c2ccc([N+](=O)[O-])cc2)CC1. The molecule has 2 fully saturated rings. The summed E-state index contributed by atoms with van der Waals surface area (Å²) in [5, 5.41) is 10.8. The van der Waals surface area contributed by atoms with Gasteiger partial charge in [0.25, 0.3) is 11.6 Å². The van der Waals surface area contributed by atoms with Crippen LogP contribution in [0.1, 0.15) is 23.2 Å². The van der Waals surface area contributed by atoms with Crippen LogP contribution < -0.4 is 9.80 Å². The molecule has 0 N–H and O–H groups in total. The molecule has 0 saturated carbocycles. The van der Waals surface area contributed by atoms with Crippen molar-refractivity contribution in [1.82, 2.24) is 4.90 Å². The van der Waals surface area contributed by atoms with Crippen LogP contribution in [0.4, 0.5) is 17.1 Å². The molecule has 2 aromatic carbocycles. The Hall–Kier alpha value is -3.42. The number of non-ortho nitro benzene ring substituents is 1. The van der Waals surface area contributed by atoms with Crippen LogP contribution in [-0.2, 0) is 4.79 Å². The number of rotatable bonds is 4. The van der Waals surface area contributed by atoms with Crippen molar-refractivity contribution in [2.45, 2.75) is 12.8 Å². The number of hydrogen-bond acceptors (Lipinski definition) is 5. The van der Waals surface area contributed by atoms with Crippen LogP contribution in [0.3, 0.4) is 0 Å². The Balaban J connectivity index is 1.36. The summed E-state index contributed by atoms with van der Waals surface area (Å²) in [5.41, 5.74) is 2.44. The Morgan fingerprint density at radius 1 is 0.862 bits per heavy atom. The predicted octanol–water partition coefficient (Wildman–Crippen LogP) is 2.68. The van der Waals surface area contributed by atoms with Gasteiger partial charge in [-0.3, -0.25) is 19.7 Å². The summed E-state index contributed by atoms with van der Waals surface area (Å²) in [7, 11) is 0. The molecular formula is C21H22N4O4. The van der Waals surface area contributed by atoms with Crippen LogP contribution in [0.2, 0.25) is 0 Å². The maximum Gasteiger partial charge on any atom is 0.269 e. The van der Waals surface area contributed by atoms with E-state index in [4.69, 9.17) is 0 Å². The molecule has 0 aromatic heterocycles. The summed E-state index contributed by atoms with van der Waals surface area (Å²) in [5.74, 6) is 0.110. The highest BCUT2D eigenvalue weighted by molar-refractivity contribution is 5.97. The van der Waals surface area contributed by atoms with Gasteiger partial charge in [0.2, 0.25) is 5.91 Å². The minimum atomic E-state index is -0.411. The number of anilines is 2. The minimum Gasteiger partial charge on any atom is -0.368 e. The lowest BCUT2D eigenvalue weighted by Gasteiger charge is -2.36. The fourth-order valence-corrected chi connectivity index (χ4v) is 3.84. The van der Waals surface area contributed by atoms with Crippen molar-refractivity contribution >= 4 is 28.9 Å². The molecule has 8 heteroatoms. The normalized spacial score (nSPS) is 17.0. The Morgan fingerprint density at radius 3 is 2.03 bits per heavy atom. The summed E-state index contributed by atoms with van der Waals surface area (Å²) < 4.78 is 0. The summed E-state index contributed by atoms with van der Waals surface area (Å²) in [6.07, 6.45) is 1.46. The second-order valence-corrected chi connectivity index (χ2v) is 7.25. The quantitative estimate of drug-likeness (QED) is 0.588. The molecule has 0 radical (unpaired) electrons. The first-order chi connectivity index (χ1) is 14.0. The zero-order valence-corrected chi connectivity index (χ0v) is 16.0. The van der Waals surface area contributed by atoms with Gasteiger partial charge in [0, 0.05) is 68.2 Å². The monoisotopic (exact) mass is 394 g/mol. The average Bonchev–Trinajstić information content (AvgIpc) is 3.19. The van der Waals surface area contributed by atoms with Crippen molar-refractivity contribution < 1.29 is 14.5 Å². The third kappa shape index (κ3) is 3.91. The maximum atomic E-state index is 12.8. The second kappa shape index (κ2) is 7.90. The second-order valence-electron chi connectivity index (χ2n) is 7.25. The fourth-order valence-electron chi connectivity index (χ4n) is 3.84. The molecule has 4 rings (SSSR count). The molecule has 8 nitrogen and oxygen atoms in total. The Morgan fingerprint density at radius 2 is 1.48 bits per heavy atom. The highest BCUT2D eigenvalue weighted by Gasteiger charge is 2.24. The molecular weight excluding hydrogens is 372 g/mol. The van der Waals surface area contributed by atoms with Crippen molar-refractivity contribution in [2.24, 2.45) is 0 Å². The first-order valence-electron chi connectivity index (χ1n) is 9.72. The number of amides is 2. The van der Waals surface area contributed by atoms with E-state index in [0.29, 0.717) is 38.2 Å². The molecule has 2 aliphatic heterocycles. The molecule has 0 bridgehead atoms. The number of carbonyl (C=O) groups is 2. The van der Waals surface area contributed by atoms with Crippen LogP contribution in [0, 0.1) is 10.1 Å². The highest BCUT2D eigenvalue weighted by Crippen LogP contribution is 2.23. The summed E-state index contributed by atoms with van der Waals surface area (Å²) in [6, 6.07) is 13.7. The molecule has 0 atom stereocenters. The molecule has 2 aromatic rings. The van der Waals surface area contributed by atoms with Gasteiger partial charge in [0.15, 0.2) is 0 Å². The van der Waals surface area contributed by atoms with Crippen molar-refractivity contribution in [1.29, 1.82) is 0 Å². The number of carbonyl (C=O) groups excluding carboxylic acids is 2. The molecule has 0 spiro atoms. The topological polar surface area (TPSA) is 87.0 Å². The number of nitro groups is 1. The van der Waals surface area contributed by atoms with Gasteiger partial charge in [-0.15, -0.1) is 0 Å². The predicted molar refractivity (Wildman–Crippen MR) is 109 cm³/mol. The lowest BCUT2D eigenvalue weighted by molar-refractivity contribution is -0.384. The summed E-state index contributed by atoms with van der Waals surface area (Å²) in [6.45, 7) is 3.24. The zero-order chi connectivity index (χ0) is 20.4. The first-order valence-corrected chi connectivity index (χ1v) is 9.72. The van der Waals surface area contributed by atoms with E-state index in [9.17, 15) is 19.7 Å². The number of piperazine rings is 1. The van der Waals surface area contributed by atoms with E-state index >= 15 is 0 Å². The number of nitrogens with zero attached hydrogens (tertiary/aromatic N) is 4. The smallest absolute Gasteiger partial charge is 0.269 e. The van der Waals surface area contributed by atoms with Crippen molar-refractivity contribution in [3.05, 3.63) is 64.2 Å². The number of hydrogen-bond donors (Lipinski definition) is 0. The first kappa shape index (κ1) is 18.9. The molecule has 2 saturated heterocycles. The van der Waals surface area contributed by atoms with E-state index < -0.39 is 4.92 Å². The molecule has 2 heterocycles. The molecule has 2 amide bonds. The molecule has 150 valence electrons. The van der Waals surface area contributed by atoms with Gasteiger partial charge in [-0.1, -0.05) is 0 Å². The maximum absolute atomic E-state index is 12.8. The summed E-state index contributed by atoms with van der Waals surface area (Å²) >= 11 is 0. The Kier molecular flexibility index (Phi) is 5.16. The zero-order valence-electron chi connectivity index (χ0n) is 16.0. The standard InChI is InChI=1S/C21H22N4O4/c26-20-2-1-11-24(20)18-5-3-16(4-6-18)21(27)23-14-12-22(13-15-23)17-7-9-19(10-8-17)25(28)29/h3-10H,1-2,11-15H2. The molecule has 29 heavy (non-hydrogen) atoms. The average molecular weight is 394 g/mol. The fraction of sp³-hybridized carbons (Fsp3) is 0.333. The molecule has 0 unspecified atom stereocenters. The van der Waals surface area contributed by atoms with Gasteiger partial charge < -0.3 is 14.7 Å². The van der Waals surface area contributed by atoms with E-state index in [0.717, 1.165) is 24.3 Å². The molecule has 0 aliphatic carbocycles. The number of benzene rings is 2. The third-order valence-electron chi connectivity index (χ3n) is 5.49. The highest BCUT2D eigenvalue weighted by atomic mass is 16.6. The van der Waals surface area contributed by atoms with Gasteiger partial charge in [0.05, 0.1) is 4.92 Å². The lowest BCUT2D eigenvalue weighted by atomic mass is 10.1. The van der Waals surface area contributed by atoms with Crippen LogP contribution in [0.25, 0.3) is 0 Å². The van der Waals surface area contributed by atoms with Crippen molar-refractivity contribution in [2.75, 3.05) is 42.5 Å². The number of nitro benzene ring substituents is 1. The van der Waals surface area contributed by atoms with Crippen LogP contribution in [0.15, 0.2) is 48.5 Å². The van der Waals surface area contributed by atoms with E-state index in [1.54, 1.807) is 29.2 Å². The van der Waals surface area contributed by atoms with Crippen LogP contribution in [0.5, 0.6) is 0 Å². The Bertz CT molecular complexity index is 919. The van der Waals surface area contributed by atoms with E-state index in [1.807, 2.05) is 17.0 Å². The minimum absolute atomic E-state index is 0.0207. The lowest BCUT2D eigenvalue weighted by Crippen LogP contribution is -2.48. The van der Waals surface area contributed by atoms with Crippen molar-refractivity contribution in [3.8, 4) is 0 Å². The molecule has 2 aliphatic rings. The van der Waals surface area contributed by atoms with Crippen LogP contribution >= 0.6 is 0 Å². The van der Waals surface area contributed by atoms with E-state index in [2.05, 4.69) is 4.90 Å². The van der Waals surface area contributed by atoms with Gasteiger partial charge in [0.1, 0.15) is 0 Å².